The maximum absolute atomic E-state index is 5.45. The summed E-state index contributed by atoms with van der Waals surface area (Å²) in [6, 6.07) is 10.1. The van der Waals surface area contributed by atoms with Crippen LogP contribution in [0.3, 0.4) is 0 Å². The van der Waals surface area contributed by atoms with Crippen LogP contribution in [0, 0.1) is 0 Å². The van der Waals surface area contributed by atoms with E-state index < -0.39 is 0 Å². The summed E-state index contributed by atoms with van der Waals surface area (Å²) in [5.74, 6) is 7.71. The molecule has 0 atom stereocenters. The molecule has 0 spiro atoms. The van der Waals surface area contributed by atoms with E-state index in [1.54, 1.807) is 0 Å². The van der Waals surface area contributed by atoms with Crippen LogP contribution in [0.4, 0.5) is 11.6 Å². The molecule has 0 saturated carbocycles. The highest BCUT2D eigenvalue weighted by Crippen LogP contribution is 2.18. The highest BCUT2D eigenvalue weighted by Gasteiger charge is 2.08. The molecule has 0 aliphatic rings. The fourth-order valence-electron chi connectivity index (χ4n) is 1.90. The van der Waals surface area contributed by atoms with E-state index in [0.29, 0.717) is 5.82 Å². The van der Waals surface area contributed by atoms with Crippen LogP contribution in [0.1, 0.15) is 18.3 Å². The number of aromatic nitrogens is 2. The fraction of sp³-hybridized carbons (Fsp3) is 0.286. The molecule has 2 rings (SSSR count). The van der Waals surface area contributed by atoms with Gasteiger partial charge in [-0.15, -0.1) is 0 Å². The first-order chi connectivity index (χ1) is 9.62. The Hall–Kier alpha value is -1.66. The third kappa shape index (κ3) is 3.68. The van der Waals surface area contributed by atoms with Gasteiger partial charge in [0.25, 0.3) is 0 Å². The van der Waals surface area contributed by atoms with E-state index in [1.807, 2.05) is 32.2 Å². The monoisotopic (exact) mass is 335 g/mol. The second-order valence-corrected chi connectivity index (χ2v) is 5.43. The first-order valence-corrected chi connectivity index (χ1v) is 7.22. The lowest BCUT2D eigenvalue weighted by atomic mass is 10.2. The van der Waals surface area contributed by atoms with Gasteiger partial charge in [0.05, 0.1) is 0 Å². The van der Waals surface area contributed by atoms with E-state index in [1.165, 1.54) is 5.56 Å². The Labute approximate surface area is 127 Å². The van der Waals surface area contributed by atoms with E-state index in [0.717, 1.165) is 29.1 Å². The molecule has 2 aromatic rings. The second kappa shape index (κ2) is 6.67. The van der Waals surface area contributed by atoms with Gasteiger partial charge in [0, 0.05) is 30.6 Å². The van der Waals surface area contributed by atoms with Crippen molar-refractivity contribution in [2.75, 3.05) is 17.4 Å². The lowest BCUT2D eigenvalue weighted by molar-refractivity contribution is 0.858. The normalized spacial score (nSPS) is 10.4. The van der Waals surface area contributed by atoms with Gasteiger partial charge < -0.3 is 10.3 Å². The second-order valence-electron chi connectivity index (χ2n) is 4.51. The number of hydrogen-bond acceptors (Lipinski definition) is 5. The van der Waals surface area contributed by atoms with Crippen molar-refractivity contribution in [3.63, 3.8) is 0 Å². The van der Waals surface area contributed by atoms with Crippen molar-refractivity contribution in [1.29, 1.82) is 0 Å². The van der Waals surface area contributed by atoms with Gasteiger partial charge >= 0.3 is 0 Å². The Morgan fingerprint density at radius 1 is 1.30 bits per heavy atom. The average Bonchev–Trinajstić information content (AvgIpc) is 2.46. The molecule has 20 heavy (non-hydrogen) atoms. The van der Waals surface area contributed by atoms with Gasteiger partial charge in [0.1, 0.15) is 17.5 Å². The number of rotatable bonds is 5. The molecule has 0 fully saturated rings. The Kier molecular flexibility index (Phi) is 4.92. The molecule has 5 nitrogen and oxygen atoms in total. The average molecular weight is 336 g/mol. The molecule has 0 amide bonds. The van der Waals surface area contributed by atoms with Crippen LogP contribution >= 0.6 is 15.9 Å². The lowest BCUT2D eigenvalue weighted by Gasteiger charge is -2.19. The van der Waals surface area contributed by atoms with Crippen molar-refractivity contribution in [1.82, 2.24) is 9.97 Å². The molecule has 1 heterocycles. The first kappa shape index (κ1) is 14.7. The topological polar surface area (TPSA) is 67.1 Å². The number of nitrogen functional groups attached to an aromatic ring is 1. The van der Waals surface area contributed by atoms with E-state index in [2.05, 4.69) is 48.4 Å². The molecule has 106 valence electrons. The van der Waals surface area contributed by atoms with Gasteiger partial charge in [0.2, 0.25) is 0 Å². The number of aryl methyl sites for hydroxylation is 1. The summed E-state index contributed by atoms with van der Waals surface area (Å²) in [5.41, 5.74) is 3.79. The molecule has 1 aromatic heterocycles. The molecule has 0 aliphatic carbocycles. The molecular formula is C14H18BrN5. The third-order valence-corrected chi connectivity index (χ3v) is 3.42. The van der Waals surface area contributed by atoms with Crippen LogP contribution in [0.15, 0.2) is 34.8 Å². The van der Waals surface area contributed by atoms with Crippen LogP contribution in [-0.2, 0) is 13.0 Å². The van der Waals surface area contributed by atoms with Gasteiger partial charge in [-0.1, -0.05) is 35.0 Å². The first-order valence-electron chi connectivity index (χ1n) is 6.42. The number of nitrogens with zero attached hydrogens (tertiary/aromatic N) is 3. The zero-order chi connectivity index (χ0) is 14.5. The molecular weight excluding hydrogens is 318 g/mol. The highest BCUT2D eigenvalue weighted by molar-refractivity contribution is 9.10. The van der Waals surface area contributed by atoms with Crippen LogP contribution < -0.4 is 16.2 Å². The van der Waals surface area contributed by atoms with Crippen LogP contribution in [0.25, 0.3) is 0 Å². The number of benzene rings is 1. The van der Waals surface area contributed by atoms with E-state index in [9.17, 15) is 0 Å². The van der Waals surface area contributed by atoms with Gasteiger partial charge in [0.15, 0.2) is 0 Å². The number of hydrazine groups is 1. The summed E-state index contributed by atoms with van der Waals surface area (Å²) >= 11 is 3.48. The van der Waals surface area contributed by atoms with Crippen molar-refractivity contribution in [2.24, 2.45) is 5.84 Å². The minimum absolute atomic E-state index is 0.632. The van der Waals surface area contributed by atoms with Crippen molar-refractivity contribution in [3.8, 4) is 0 Å². The number of anilines is 2. The summed E-state index contributed by atoms with van der Waals surface area (Å²) in [4.78, 5) is 10.9. The van der Waals surface area contributed by atoms with Gasteiger partial charge in [-0.3, -0.25) is 0 Å². The molecule has 0 aliphatic heterocycles. The predicted molar refractivity (Wildman–Crippen MR) is 85.5 cm³/mol. The number of nitrogens with two attached hydrogens (primary N) is 1. The van der Waals surface area contributed by atoms with E-state index in [-0.39, 0.29) is 0 Å². The Morgan fingerprint density at radius 2 is 2.10 bits per heavy atom. The minimum atomic E-state index is 0.632. The predicted octanol–water partition coefficient (Wildman–Crippen LogP) is 2.72. The lowest BCUT2D eigenvalue weighted by Crippen LogP contribution is -2.20. The van der Waals surface area contributed by atoms with E-state index >= 15 is 0 Å². The number of nitrogens with one attached hydrogen (secondary N) is 1. The number of halogens is 1. The maximum atomic E-state index is 5.45. The highest BCUT2D eigenvalue weighted by atomic mass is 79.9. The van der Waals surface area contributed by atoms with Crippen LogP contribution in [0.5, 0.6) is 0 Å². The Balaban J connectivity index is 2.22. The standard InChI is InChI=1S/C14H18BrN5/c1-3-12-17-13(19-16)8-14(18-12)20(2)9-10-5-4-6-11(15)7-10/h4-8H,3,9,16H2,1-2H3,(H,17,18,19). The molecule has 0 saturated heterocycles. The zero-order valence-corrected chi connectivity index (χ0v) is 13.2. The number of hydrogen-bond donors (Lipinski definition) is 2. The SMILES string of the molecule is CCc1nc(NN)cc(N(C)Cc2cccc(Br)c2)n1. The fourth-order valence-corrected chi connectivity index (χ4v) is 2.35. The van der Waals surface area contributed by atoms with E-state index in [4.69, 9.17) is 5.84 Å². The summed E-state index contributed by atoms with van der Waals surface area (Å²) in [6.45, 7) is 2.79. The van der Waals surface area contributed by atoms with Crippen LogP contribution in [0.2, 0.25) is 0 Å². The summed E-state index contributed by atoms with van der Waals surface area (Å²) in [6.07, 6.45) is 0.771. The zero-order valence-electron chi connectivity index (χ0n) is 11.6. The smallest absolute Gasteiger partial charge is 0.145 e. The molecule has 1 aromatic carbocycles. The Morgan fingerprint density at radius 3 is 2.75 bits per heavy atom. The van der Waals surface area contributed by atoms with Gasteiger partial charge in [-0.2, -0.15) is 0 Å². The quantitative estimate of drug-likeness (QED) is 0.649. The summed E-state index contributed by atoms with van der Waals surface area (Å²) in [7, 11) is 2.00. The molecule has 0 bridgehead atoms. The van der Waals surface area contributed by atoms with Crippen molar-refractivity contribution in [2.45, 2.75) is 19.9 Å². The molecule has 0 radical (unpaired) electrons. The largest absolute Gasteiger partial charge is 0.355 e. The van der Waals surface area contributed by atoms with Crippen molar-refractivity contribution in [3.05, 3.63) is 46.2 Å². The van der Waals surface area contributed by atoms with Crippen molar-refractivity contribution < 1.29 is 0 Å². The van der Waals surface area contributed by atoms with Crippen LogP contribution in [-0.4, -0.2) is 17.0 Å². The summed E-state index contributed by atoms with van der Waals surface area (Å²) in [5, 5.41) is 0. The maximum Gasteiger partial charge on any atom is 0.145 e. The Bertz CT molecular complexity index is 565. The van der Waals surface area contributed by atoms with Gasteiger partial charge in [-0.05, 0) is 17.7 Å². The molecule has 0 unspecified atom stereocenters. The minimum Gasteiger partial charge on any atom is -0.355 e. The van der Waals surface area contributed by atoms with Gasteiger partial charge in [-0.25, -0.2) is 15.8 Å². The third-order valence-electron chi connectivity index (χ3n) is 2.92. The summed E-state index contributed by atoms with van der Waals surface area (Å²) < 4.78 is 1.07. The van der Waals surface area contributed by atoms with Crippen molar-refractivity contribution >= 4 is 27.6 Å². The molecule has 3 N–H and O–H groups in total. The molecule has 6 heteroatoms.